The van der Waals surface area contributed by atoms with Crippen molar-refractivity contribution in [2.24, 2.45) is 5.92 Å². The molecule has 0 aromatic heterocycles. The third-order valence-electron chi connectivity index (χ3n) is 3.72. The topological polar surface area (TPSA) is 23.5 Å². The summed E-state index contributed by atoms with van der Waals surface area (Å²) in [5, 5.41) is 9.79. The fourth-order valence-corrected chi connectivity index (χ4v) is 2.43. The summed E-state index contributed by atoms with van der Waals surface area (Å²) in [5.74, 6) is 0.217. The number of nitrogens with zero attached hydrogens (tertiary/aromatic N) is 1. The Hall–Kier alpha value is -1.07. The summed E-state index contributed by atoms with van der Waals surface area (Å²) in [6.07, 6.45) is -3.96. The molecule has 0 saturated carbocycles. The highest BCUT2D eigenvalue weighted by Gasteiger charge is 2.34. The van der Waals surface area contributed by atoms with Gasteiger partial charge in [-0.1, -0.05) is 25.1 Å². The summed E-state index contributed by atoms with van der Waals surface area (Å²) in [6, 6.07) is 5.64. The Kier molecular flexibility index (Phi) is 4.16. The number of halogens is 3. The number of rotatable bonds is 2. The minimum Gasteiger partial charge on any atom is -0.392 e. The number of alkyl halides is 3. The van der Waals surface area contributed by atoms with Gasteiger partial charge < -0.3 is 5.11 Å². The van der Waals surface area contributed by atoms with Crippen molar-refractivity contribution in [1.29, 1.82) is 0 Å². The predicted octanol–water partition coefficient (Wildman–Crippen LogP) is 2.91. The molecule has 1 N–H and O–H groups in total. The Morgan fingerprint density at radius 2 is 2.00 bits per heavy atom. The number of aliphatic hydroxyl groups excluding tert-OH is 1. The first-order valence-corrected chi connectivity index (χ1v) is 6.43. The van der Waals surface area contributed by atoms with Gasteiger partial charge in [-0.25, -0.2) is 0 Å². The SMILES string of the molecule is CC1CCN(Cc2ccccc2C(F)(F)F)CC1O. The maximum atomic E-state index is 12.9. The molecule has 2 atom stereocenters. The number of hydrogen-bond acceptors (Lipinski definition) is 2. The largest absolute Gasteiger partial charge is 0.416 e. The van der Waals surface area contributed by atoms with Crippen molar-refractivity contribution in [2.75, 3.05) is 13.1 Å². The quantitative estimate of drug-likeness (QED) is 0.895. The van der Waals surface area contributed by atoms with Crippen LogP contribution in [0.3, 0.4) is 0 Å². The van der Waals surface area contributed by atoms with Crippen LogP contribution in [0.2, 0.25) is 0 Å². The first-order valence-electron chi connectivity index (χ1n) is 6.43. The minimum atomic E-state index is -4.32. The molecule has 0 amide bonds. The van der Waals surface area contributed by atoms with Gasteiger partial charge in [0.25, 0.3) is 0 Å². The second-order valence-electron chi connectivity index (χ2n) is 5.22. The Bertz CT molecular complexity index is 433. The summed E-state index contributed by atoms with van der Waals surface area (Å²) in [5.41, 5.74) is -0.306. The molecule has 2 rings (SSSR count). The molecule has 2 unspecified atom stereocenters. The van der Waals surface area contributed by atoms with Crippen LogP contribution in [0.15, 0.2) is 24.3 Å². The standard InChI is InChI=1S/C14H18F3NO/c1-10-6-7-18(9-13(10)19)8-11-4-2-3-5-12(11)14(15,16)17/h2-5,10,13,19H,6-9H2,1H3. The second kappa shape index (κ2) is 5.51. The lowest BCUT2D eigenvalue weighted by Gasteiger charge is -2.34. The number of likely N-dealkylation sites (tertiary alicyclic amines) is 1. The molecular formula is C14H18F3NO. The Labute approximate surface area is 110 Å². The number of hydrogen-bond donors (Lipinski definition) is 1. The molecule has 2 nitrogen and oxygen atoms in total. The van der Waals surface area contributed by atoms with E-state index in [1.54, 1.807) is 6.07 Å². The lowest BCUT2D eigenvalue weighted by atomic mass is 9.95. The van der Waals surface area contributed by atoms with E-state index in [1.165, 1.54) is 12.1 Å². The van der Waals surface area contributed by atoms with Crippen molar-refractivity contribution in [3.8, 4) is 0 Å². The highest BCUT2D eigenvalue weighted by molar-refractivity contribution is 5.29. The van der Waals surface area contributed by atoms with Crippen LogP contribution in [-0.4, -0.2) is 29.2 Å². The molecule has 1 heterocycles. The van der Waals surface area contributed by atoms with Gasteiger partial charge in [0.2, 0.25) is 0 Å². The van der Waals surface area contributed by atoms with Crippen LogP contribution in [0.4, 0.5) is 13.2 Å². The van der Waals surface area contributed by atoms with Gasteiger partial charge in [0.05, 0.1) is 11.7 Å². The van der Waals surface area contributed by atoms with Gasteiger partial charge in [0.15, 0.2) is 0 Å². The first-order chi connectivity index (χ1) is 8.88. The van der Waals surface area contributed by atoms with Gasteiger partial charge in [-0.15, -0.1) is 0 Å². The molecule has 19 heavy (non-hydrogen) atoms. The molecule has 0 aliphatic carbocycles. The molecule has 0 spiro atoms. The molecule has 106 valence electrons. The normalized spacial score (nSPS) is 25.5. The van der Waals surface area contributed by atoms with Crippen LogP contribution in [0.25, 0.3) is 0 Å². The zero-order chi connectivity index (χ0) is 14.0. The molecule has 0 bridgehead atoms. The van der Waals surface area contributed by atoms with Gasteiger partial charge in [0, 0.05) is 13.1 Å². The number of β-amino-alcohol motifs (C(OH)–C–C–N with tert-alkyl or cyclic N) is 1. The summed E-state index contributed by atoms with van der Waals surface area (Å²) in [4.78, 5) is 1.88. The molecule has 1 fully saturated rings. The second-order valence-corrected chi connectivity index (χ2v) is 5.22. The van der Waals surface area contributed by atoms with Crippen molar-refractivity contribution >= 4 is 0 Å². The van der Waals surface area contributed by atoms with Crippen LogP contribution in [-0.2, 0) is 12.7 Å². The van der Waals surface area contributed by atoms with Gasteiger partial charge in [-0.2, -0.15) is 13.2 Å². The van der Waals surface area contributed by atoms with E-state index in [1.807, 2.05) is 11.8 Å². The van der Waals surface area contributed by atoms with Crippen molar-refractivity contribution in [3.05, 3.63) is 35.4 Å². The van der Waals surface area contributed by atoms with E-state index >= 15 is 0 Å². The molecule has 1 aromatic carbocycles. The maximum absolute atomic E-state index is 12.9. The van der Waals surface area contributed by atoms with Crippen LogP contribution in [0.1, 0.15) is 24.5 Å². The van der Waals surface area contributed by atoms with Crippen molar-refractivity contribution < 1.29 is 18.3 Å². The highest BCUT2D eigenvalue weighted by Crippen LogP contribution is 2.32. The van der Waals surface area contributed by atoms with E-state index < -0.39 is 17.8 Å². The van der Waals surface area contributed by atoms with E-state index in [2.05, 4.69) is 0 Å². The summed E-state index contributed by atoms with van der Waals surface area (Å²) >= 11 is 0. The lowest BCUT2D eigenvalue weighted by molar-refractivity contribution is -0.138. The van der Waals surface area contributed by atoms with E-state index in [-0.39, 0.29) is 18.0 Å². The van der Waals surface area contributed by atoms with Gasteiger partial charge >= 0.3 is 6.18 Å². The van der Waals surface area contributed by atoms with Crippen molar-refractivity contribution in [3.63, 3.8) is 0 Å². The smallest absolute Gasteiger partial charge is 0.392 e. The predicted molar refractivity (Wildman–Crippen MR) is 66.5 cm³/mol. The average molecular weight is 273 g/mol. The van der Waals surface area contributed by atoms with Crippen LogP contribution in [0, 0.1) is 5.92 Å². The van der Waals surface area contributed by atoms with E-state index in [4.69, 9.17) is 0 Å². The minimum absolute atomic E-state index is 0.217. The molecule has 1 aliphatic heterocycles. The first kappa shape index (κ1) is 14.3. The zero-order valence-corrected chi connectivity index (χ0v) is 10.8. The Balaban J connectivity index is 2.12. The molecule has 1 aromatic rings. The summed E-state index contributed by atoms with van der Waals surface area (Å²) in [7, 11) is 0. The van der Waals surface area contributed by atoms with E-state index in [9.17, 15) is 18.3 Å². The van der Waals surface area contributed by atoms with E-state index in [0.29, 0.717) is 6.54 Å². The van der Waals surface area contributed by atoms with Crippen LogP contribution >= 0.6 is 0 Å². The fourth-order valence-electron chi connectivity index (χ4n) is 2.43. The third kappa shape index (κ3) is 3.48. The fraction of sp³-hybridized carbons (Fsp3) is 0.571. The molecule has 5 heteroatoms. The molecule has 0 radical (unpaired) electrons. The average Bonchev–Trinajstić information content (AvgIpc) is 2.33. The Morgan fingerprint density at radius 3 is 2.63 bits per heavy atom. The number of benzene rings is 1. The summed E-state index contributed by atoms with van der Waals surface area (Å²) < 4.78 is 38.6. The zero-order valence-electron chi connectivity index (χ0n) is 10.8. The summed E-state index contributed by atoms with van der Waals surface area (Å²) in [6.45, 7) is 3.36. The van der Waals surface area contributed by atoms with Crippen LogP contribution < -0.4 is 0 Å². The van der Waals surface area contributed by atoms with Crippen LogP contribution in [0.5, 0.6) is 0 Å². The van der Waals surface area contributed by atoms with Crippen molar-refractivity contribution in [2.45, 2.75) is 32.2 Å². The van der Waals surface area contributed by atoms with Gasteiger partial charge in [0.1, 0.15) is 0 Å². The van der Waals surface area contributed by atoms with Gasteiger partial charge in [-0.3, -0.25) is 4.90 Å². The molecule has 1 aliphatic rings. The molecule has 1 saturated heterocycles. The molecular weight excluding hydrogens is 255 g/mol. The Morgan fingerprint density at radius 1 is 1.32 bits per heavy atom. The highest BCUT2D eigenvalue weighted by atomic mass is 19.4. The monoisotopic (exact) mass is 273 g/mol. The van der Waals surface area contributed by atoms with Crippen molar-refractivity contribution in [1.82, 2.24) is 4.90 Å². The number of aliphatic hydroxyl groups is 1. The lowest BCUT2D eigenvalue weighted by Crippen LogP contribution is -2.42. The number of piperidine rings is 1. The van der Waals surface area contributed by atoms with Gasteiger partial charge in [-0.05, 0) is 30.5 Å². The maximum Gasteiger partial charge on any atom is 0.416 e. The third-order valence-corrected chi connectivity index (χ3v) is 3.72. The van der Waals surface area contributed by atoms with E-state index in [0.717, 1.165) is 19.0 Å².